The standard InChI is InChI=1S/C21H29FN4O3S.HI/c1-4-24-21(25-13-16(2)29-20-11-6-5-10-19(20)22)26-14-17-8-7-9-18(12-17)15-30(27,28)23-3;/h5-12,16,23H,4,13-15H2,1-3H3,(H2,24,25,26);1H. The van der Waals surface area contributed by atoms with Crippen molar-refractivity contribution in [2.24, 2.45) is 4.99 Å². The fourth-order valence-corrected chi connectivity index (χ4v) is 3.42. The molecule has 0 fully saturated rings. The van der Waals surface area contributed by atoms with Crippen LogP contribution in [0.5, 0.6) is 5.75 Å². The van der Waals surface area contributed by atoms with E-state index >= 15 is 0 Å². The van der Waals surface area contributed by atoms with Crippen LogP contribution in [-0.4, -0.2) is 40.6 Å². The summed E-state index contributed by atoms with van der Waals surface area (Å²) in [6, 6.07) is 13.6. The Kier molecular flexibility index (Phi) is 11.8. The summed E-state index contributed by atoms with van der Waals surface area (Å²) in [4.78, 5) is 4.54. The van der Waals surface area contributed by atoms with Gasteiger partial charge in [0.05, 0.1) is 18.8 Å². The molecule has 1 unspecified atom stereocenters. The molecule has 0 aliphatic heterocycles. The van der Waals surface area contributed by atoms with Crippen molar-refractivity contribution in [3.8, 4) is 5.75 Å². The van der Waals surface area contributed by atoms with E-state index in [9.17, 15) is 12.8 Å². The number of nitrogens with zero attached hydrogens (tertiary/aromatic N) is 1. The number of rotatable bonds is 10. The molecule has 0 amide bonds. The third-order valence-electron chi connectivity index (χ3n) is 4.14. The second-order valence-corrected chi connectivity index (χ2v) is 8.64. The summed E-state index contributed by atoms with van der Waals surface area (Å²) in [7, 11) is -1.93. The molecule has 0 saturated carbocycles. The van der Waals surface area contributed by atoms with Crippen molar-refractivity contribution in [2.45, 2.75) is 32.2 Å². The van der Waals surface area contributed by atoms with Gasteiger partial charge in [0.2, 0.25) is 10.0 Å². The van der Waals surface area contributed by atoms with Crippen LogP contribution < -0.4 is 20.1 Å². The molecule has 2 aromatic carbocycles. The van der Waals surface area contributed by atoms with Crippen LogP contribution in [0.2, 0.25) is 0 Å². The number of halogens is 2. The summed E-state index contributed by atoms with van der Waals surface area (Å²) in [5, 5.41) is 6.33. The summed E-state index contributed by atoms with van der Waals surface area (Å²) in [6.07, 6.45) is -0.277. The first-order valence-corrected chi connectivity index (χ1v) is 11.4. The maximum absolute atomic E-state index is 13.7. The van der Waals surface area contributed by atoms with Gasteiger partial charge in [-0.3, -0.25) is 0 Å². The second-order valence-electron chi connectivity index (χ2n) is 6.72. The molecule has 0 bridgehead atoms. The number of guanidine groups is 1. The Morgan fingerprint density at radius 2 is 1.84 bits per heavy atom. The number of hydrogen-bond donors (Lipinski definition) is 3. The normalized spacial score (nSPS) is 12.6. The van der Waals surface area contributed by atoms with Crippen molar-refractivity contribution >= 4 is 40.0 Å². The van der Waals surface area contributed by atoms with E-state index in [0.717, 1.165) is 5.56 Å². The minimum atomic E-state index is -3.33. The van der Waals surface area contributed by atoms with Crippen LogP contribution in [0.3, 0.4) is 0 Å². The minimum Gasteiger partial charge on any atom is -0.486 e. The molecule has 0 aliphatic carbocycles. The summed E-state index contributed by atoms with van der Waals surface area (Å²) < 4.78 is 45.1. The Bertz CT molecular complexity index is 957. The van der Waals surface area contributed by atoms with Gasteiger partial charge in [0.25, 0.3) is 0 Å². The average Bonchev–Trinajstić information content (AvgIpc) is 2.72. The van der Waals surface area contributed by atoms with Crippen molar-refractivity contribution < 1.29 is 17.5 Å². The average molecular weight is 564 g/mol. The molecule has 172 valence electrons. The summed E-state index contributed by atoms with van der Waals surface area (Å²) >= 11 is 0. The molecular weight excluding hydrogens is 534 g/mol. The van der Waals surface area contributed by atoms with E-state index in [-0.39, 0.29) is 41.6 Å². The monoisotopic (exact) mass is 564 g/mol. The highest BCUT2D eigenvalue weighted by molar-refractivity contribution is 14.0. The first-order chi connectivity index (χ1) is 14.3. The Balaban J connectivity index is 0.00000480. The molecule has 2 rings (SSSR count). The van der Waals surface area contributed by atoms with Crippen LogP contribution in [0.1, 0.15) is 25.0 Å². The van der Waals surface area contributed by atoms with E-state index < -0.39 is 15.8 Å². The molecule has 3 N–H and O–H groups in total. The van der Waals surface area contributed by atoms with E-state index in [0.29, 0.717) is 31.2 Å². The zero-order valence-electron chi connectivity index (χ0n) is 17.9. The Labute approximate surface area is 201 Å². The first-order valence-electron chi connectivity index (χ1n) is 9.75. The maximum Gasteiger partial charge on any atom is 0.215 e. The molecule has 1 atom stereocenters. The van der Waals surface area contributed by atoms with E-state index in [2.05, 4.69) is 20.3 Å². The number of para-hydroxylation sites is 1. The molecule has 2 aromatic rings. The van der Waals surface area contributed by atoms with Crippen LogP contribution in [-0.2, 0) is 22.3 Å². The van der Waals surface area contributed by atoms with Crippen LogP contribution in [0.25, 0.3) is 0 Å². The smallest absolute Gasteiger partial charge is 0.215 e. The van der Waals surface area contributed by atoms with Gasteiger partial charge in [0.1, 0.15) is 6.10 Å². The van der Waals surface area contributed by atoms with Gasteiger partial charge < -0.3 is 15.4 Å². The molecule has 31 heavy (non-hydrogen) atoms. The van der Waals surface area contributed by atoms with Crippen LogP contribution in [0.4, 0.5) is 4.39 Å². The van der Waals surface area contributed by atoms with Gasteiger partial charge in [0.15, 0.2) is 17.5 Å². The van der Waals surface area contributed by atoms with E-state index in [1.807, 2.05) is 32.0 Å². The lowest BCUT2D eigenvalue weighted by molar-refractivity contribution is 0.214. The van der Waals surface area contributed by atoms with Crippen LogP contribution >= 0.6 is 24.0 Å². The molecule has 0 aromatic heterocycles. The number of hydrogen-bond acceptors (Lipinski definition) is 4. The minimum absolute atomic E-state index is 0. The third kappa shape index (κ3) is 9.83. The van der Waals surface area contributed by atoms with E-state index in [4.69, 9.17) is 4.74 Å². The van der Waals surface area contributed by atoms with Gasteiger partial charge in [-0.2, -0.15) is 0 Å². The SMILES string of the molecule is CCNC(=NCc1cccc(CS(=O)(=O)NC)c1)NCC(C)Oc1ccccc1F.I. The highest BCUT2D eigenvalue weighted by atomic mass is 127. The Morgan fingerprint density at radius 3 is 2.52 bits per heavy atom. The van der Waals surface area contributed by atoms with Gasteiger partial charge in [-0.05, 0) is 44.2 Å². The van der Waals surface area contributed by atoms with Crippen molar-refractivity contribution in [1.82, 2.24) is 15.4 Å². The molecule has 0 spiro atoms. The number of benzene rings is 2. The summed E-state index contributed by atoms with van der Waals surface area (Å²) in [5.41, 5.74) is 1.59. The highest BCUT2D eigenvalue weighted by Crippen LogP contribution is 2.16. The second kappa shape index (κ2) is 13.5. The summed E-state index contributed by atoms with van der Waals surface area (Å²) in [5.74, 6) is 0.325. The lowest BCUT2D eigenvalue weighted by atomic mass is 10.1. The number of nitrogens with one attached hydrogen (secondary N) is 3. The maximum atomic E-state index is 13.7. The lowest BCUT2D eigenvalue weighted by Crippen LogP contribution is -2.41. The molecule has 7 nitrogen and oxygen atoms in total. The molecular formula is C21H30FIN4O3S. The largest absolute Gasteiger partial charge is 0.486 e. The van der Waals surface area contributed by atoms with Crippen molar-refractivity contribution in [1.29, 1.82) is 0 Å². The zero-order valence-corrected chi connectivity index (χ0v) is 21.0. The quantitative estimate of drug-likeness (QED) is 0.235. The lowest BCUT2D eigenvalue weighted by Gasteiger charge is -2.18. The van der Waals surface area contributed by atoms with Crippen molar-refractivity contribution in [3.05, 3.63) is 65.5 Å². The first kappa shape index (κ1) is 27.1. The van der Waals surface area contributed by atoms with Crippen LogP contribution in [0, 0.1) is 5.82 Å². The third-order valence-corrected chi connectivity index (χ3v) is 5.48. The van der Waals surface area contributed by atoms with E-state index in [1.54, 1.807) is 24.3 Å². The molecule has 0 radical (unpaired) electrons. The van der Waals surface area contributed by atoms with E-state index in [1.165, 1.54) is 13.1 Å². The van der Waals surface area contributed by atoms with Gasteiger partial charge in [-0.1, -0.05) is 36.4 Å². The fourth-order valence-electron chi connectivity index (χ4n) is 2.66. The van der Waals surface area contributed by atoms with Crippen LogP contribution in [0.15, 0.2) is 53.5 Å². The summed E-state index contributed by atoms with van der Waals surface area (Å²) in [6.45, 7) is 5.29. The number of aliphatic imine (C=N–C) groups is 1. The fraction of sp³-hybridized carbons (Fsp3) is 0.381. The van der Waals surface area contributed by atoms with Crippen molar-refractivity contribution in [3.63, 3.8) is 0 Å². The molecule has 0 heterocycles. The molecule has 0 saturated heterocycles. The number of ether oxygens (including phenoxy) is 1. The van der Waals surface area contributed by atoms with Crippen molar-refractivity contribution in [2.75, 3.05) is 20.1 Å². The zero-order chi connectivity index (χ0) is 22.0. The van der Waals surface area contributed by atoms with Gasteiger partial charge >= 0.3 is 0 Å². The van der Waals surface area contributed by atoms with Gasteiger partial charge in [0, 0.05) is 6.54 Å². The predicted octanol–water partition coefficient (Wildman–Crippen LogP) is 3.02. The highest BCUT2D eigenvalue weighted by Gasteiger charge is 2.10. The Morgan fingerprint density at radius 1 is 1.13 bits per heavy atom. The molecule has 0 aliphatic rings. The van der Waals surface area contributed by atoms with Gasteiger partial charge in [-0.15, -0.1) is 24.0 Å². The number of sulfonamides is 1. The topological polar surface area (TPSA) is 91.8 Å². The Hall–Kier alpha value is -1.92. The van der Waals surface area contributed by atoms with Gasteiger partial charge in [-0.25, -0.2) is 22.5 Å². The molecule has 10 heteroatoms. The predicted molar refractivity (Wildman–Crippen MR) is 133 cm³/mol.